The summed E-state index contributed by atoms with van der Waals surface area (Å²) in [5.74, 6) is 0. The second-order valence-electron chi connectivity index (χ2n) is 4.99. The van der Waals surface area contributed by atoms with Crippen LogP contribution < -0.4 is 5.32 Å². The average Bonchev–Trinajstić information content (AvgIpc) is 2.39. The molecule has 0 aliphatic rings. The number of unbranched alkanes of at least 4 members (excludes halogenated alkanes) is 2. The van der Waals surface area contributed by atoms with Crippen LogP contribution in [0.1, 0.15) is 51.5 Å². The maximum absolute atomic E-state index is 3.38. The fourth-order valence-electron chi connectivity index (χ4n) is 2.68. The predicted octanol–water partition coefficient (Wildman–Crippen LogP) is 4.13. The van der Waals surface area contributed by atoms with Crippen molar-refractivity contribution in [2.45, 2.75) is 51.4 Å². The minimum atomic E-state index is 0.325. The van der Waals surface area contributed by atoms with E-state index < -0.39 is 0 Å². The van der Waals surface area contributed by atoms with Crippen LogP contribution in [0.4, 0.5) is 0 Å². The van der Waals surface area contributed by atoms with Crippen LogP contribution in [0.2, 0.25) is 0 Å². The van der Waals surface area contributed by atoms with E-state index in [1.165, 1.54) is 37.7 Å². The van der Waals surface area contributed by atoms with Gasteiger partial charge < -0.3 is 5.32 Å². The Morgan fingerprint density at radius 1 is 1.06 bits per heavy atom. The number of likely N-dealkylation sites (N-methyl/N-ethyl adjacent to an activating group) is 1. The Hall–Kier alpha value is -0.820. The Morgan fingerprint density at radius 2 is 1.76 bits per heavy atom. The average molecular weight is 233 g/mol. The molecule has 0 bridgehead atoms. The zero-order valence-electron chi connectivity index (χ0n) is 11.6. The lowest BCUT2D eigenvalue weighted by molar-refractivity contribution is 0.351. The largest absolute Gasteiger partial charge is 0.319 e. The van der Waals surface area contributed by atoms with Gasteiger partial charge in [0.25, 0.3) is 0 Å². The molecule has 0 spiro atoms. The lowest BCUT2D eigenvalue weighted by Crippen LogP contribution is -2.36. The van der Waals surface area contributed by atoms with Crippen molar-refractivity contribution < 1.29 is 0 Å². The molecule has 17 heavy (non-hydrogen) atoms. The summed E-state index contributed by atoms with van der Waals surface area (Å²) in [6.45, 7) is 5.67. The highest BCUT2D eigenvalue weighted by Crippen LogP contribution is 2.33. The van der Waals surface area contributed by atoms with Gasteiger partial charge in [-0.1, -0.05) is 63.4 Å². The van der Waals surface area contributed by atoms with Crippen LogP contribution in [-0.4, -0.2) is 13.6 Å². The molecule has 1 rings (SSSR count). The Bertz CT molecular complexity index is 294. The molecule has 1 aromatic rings. The van der Waals surface area contributed by atoms with Gasteiger partial charge in [0.1, 0.15) is 0 Å². The fourth-order valence-corrected chi connectivity index (χ4v) is 2.68. The molecule has 0 aromatic heterocycles. The molecular formula is C16H27N. The molecule has 0 heterocycles. The van der Waals surface area contributed by atoms with Gasteiger partial charge in [0.15, 0.2) is 0 Å². The van der Waals surface area contributed by atoms with Crippen LogP contribution in [-0.2, 0) is 5.41 Å². The van der Waals surface area contributed by atoms with Crippen molar-refractivity contribution in [3.8, 4) is 0 Å². The predicted molar refractivity (Wildman–Crippen MR) is 76.5 cm³/mol. The van der Waals surface area contributed by atoms with Crippen LogP contribution in [0.25, 0.3) is 0 Å². The monoisotopic (exact) mass is 233 g/mol. The Balaban J connectivity index is 2.83. The van der Waals surface area contributed by atoms with Gasteiger partial charge in [0.2, 0.25) is 0 Å². The summed E-state index contributed by atoms with van der Waals surface area (Å²) >= 11 is 0. The second kappa shape index (κ2) is 7.50. The van der Waals surface area contributed by atoms with E-state index >= 15 is 0 Å². The molecular weight excluding hydrogens is 206 g/mol. The lowest BCUT2D eigenvalue weighted by atomic mass is 9.74. The van der Waals surface area contributed by atoms with E-state index in [0.29, 0.717) is 5.41 Å². The molecule has 0 amide bonds. The minimum Gasteiger partial charge on any atom is -0.319 e. The first-order valence-corrected chi connectivity index (χ1v) is 6.99. The highest BCUT2D eigenvalue weighted by Gasteiger charge is 2.28. The molecule has 0 fully saturated rings. The van der Waals surface area contributed by atoms with Crippen molar-refractivity contribution in [2.24, 2.45) is 0 Å². The Labute approximate surface area is 107 Å². The van der Waals surface area contributed by atoms with E-state index in [9.17, 15) is 0 Å². The van der Waals surface area contributed by atoms with Gasteiger partial charge in [0, 0.05) is 12.0 Å². The number of hydrogen-bond acceptors (Lipinski definition) is 1. The number of benzene rings is 1. The van der Waals surface area contributed by atoms with Crippen molar-refractivity contribution in [2.75, 3.05) is 13.6 Å². The summed E-state index contributed by atoms with van der Waals surface area (Å²) in [5.41, 5.74) is 1.82. The van der Waals surface area contributed by atoms with Crippen LogP contribution in [0.3, 0.4) is 0 Å². The Morgan fingerprint density at radius 3 is 2.29 bits per heavy atom. The summed E-state index contributed by atoms with van der Waals surface area (Å²) in [6.07, 6.45) is 6.48. The molecule has 1 N–H and O–H groups in total. The molecule has 96 valence electrons. The molecule has 1 unspecified atom stereocenters. The van der Waals surface area contributed by atoms with Gasteiger partial charge in [-0.05, 0) is 25.5 Å². The normalized spacial score (nSPS) is 14.5. The molecule has 0 aliphatic heterocycles. The summed E-state index contributed by atoms with van der Waals surface area (Å²) in [4.78, 5) is 0. The first-order valence-electron chi connectivity index (χ1n) is 6.99. The summed E-state index contributed by atoms with van der Waals surface area (Å²) in [7, 11) is 2.06. The zero-order chi connectivity index (χ0) is 12.6. The maximum atomic E-state index is 3.38. The maximum Gasteiger partial charge on any atom is 0.00750 e. The summed E-state index contributed by atoms with van der Waals surface area (Å²) < 4.78 is 0. The standard InChI is InChI=1S/C16H27N/c1-4-6-10-13-16(5-2,14-17-3)15-11-8-7-9-12-15/h7-9,11-12,17H,4-6,10,13-14H2,1-3H3. The quantitative estimate of drug-likeness (QED) is 0.666. The minimum absolute atomic E-state index is 0.325. The topological polar surface area (TPSA) is 12.0 Å². The van der Waals surface area contributed by atoms with Crippen molar-refractivity contribution in [1.82, 2.24) is 5.32 Å². The highest BCUT2D eigenvalue weighted by molar-refractivity contribution is 5.25. The van der Waals surface area contributed by atoms with Gasteiger partial charge in [-0.25, -0.2) is 0 Å². The van der Waals surface area contributed by atoms with Crippen molar-refractivity contribution in [3.05, 3.63) is 35.9 Å². The van der Waals surface area contributed by atoms with Gasteiger partial charge in [-0.15, -0.1) is 0 Å². The SMILES string of the molecule is CCCCCC(CC)(CNC)c1ccccc1. The van der Waals surface area contributed by atoms with Gasteiger partial charge in [-0.2, -0.15) is 0 Å². The van der Waals surface area contributed by atoms with E-state index in [-0.39, 0.29) is 0 Å². The summed E-state index contributed by atoms with van der Waals surface area (Å²) in [5, 5.41) is 3.38. The van der Waals surface area contributed by atoms with E-state index in [1.54, 1.807) is 0 Å². The Kier molecular flexibility index (Phi) is 6.28. The molecule has 1 heteroatoms. The third-order valence-corrected chi connectivity index (χ3v) is 3.84. The van der Waals surface area contributed by atoms with E-state index in [1.807, 2.05) is 0 Å². The smallest absolute Gasteiger partial charge is 0.00750 e. The van der Waals surface area contributed by atoms with Crippen LogP contribution in [0.5, 0.6) is 0 Å². The number of rotatable bonds is 8. The van der Waals surface area contributed by atoms with Crippen molar-refractivity contribution in [1.29, 1.82) is 0 Å². The van der Waals surface area contributed by atoms with Crippen LogP contribution in [0, 0.1) is 0 Å². The third kappa shape index (κ3) is 3.85. The molecule has 1 nitrogen and oxygen atoms in total. The molecule has 0 radical (unpaired) electrons. The first-order chi connectivity index (χ1) is 8.29. The number of hydrogen-bond donors (Lipinski definition) is 1. The molecule has 0 saturated heterocycles. The van der Waals surface area contributed by atoms with Gasteiger partial charge in [0.05, 0.1) is 0 Å². The van der Waals surface area contributed by atoms with Gasteiger partial charge >= 0.3 is 0 Å². The first kappa shape index (κ1) is 14.2. The molecule has 0 aliphatic carbocycles. The molecule has 0 saturated carbocycles. The highest BCUT2D eigenvalue weighted by atomic mass is 14.8. The van der Waals surface area contributed by atoms with E-state index in [4.69, 9.17) is 0 Å². The van der Waals surface area contributed by atoms with Crippen molar-refractivity contribution in [3.63, 3.8) is 0 Å². The third-order valence-electron chi connectivity index (χ3n) is 3.84. The molecule has 1 aromatic carbocycles. The summed E-state index contributed by atoms with van der Waals surface area (Å²) in [6, 6.07) is 11.0. The van der Waals surface area contributed by atoms with E-state index in [0.717, 1.165) is 6.54 Å². The fraction of sp³-hybridized carbons (Fsp3) is 0.625. The lowest BCUT2D eigenvalue weighted by Gasteiger charge is -2.33. The van der Waals surface area contributed by atoms with Gasteiger partial charge in [-0.3, -0.25) is 0 Å². The van der Waals surface area contributed by atoms with Crippen LogP contribution in [0.15, 0.2) is 30.3 Å². The van der Waals surface area contributed by atoms with Crippen LogP contribution >= 0.6 is 0 Å². The zero-order valence-corrected chi connectivity index (χ0v) is 11.6. The van der Waals surface area contributed by atoms with E-state index in [2.05, 4.69) is 56.5 Å². The van der Waals surface area contributed by atoms with Crippen molar-refractivity contribution >= 4 is 0 Å². The number of nitrogens with one attached hydrogen (secondary N) is 1. The second-order valence-corrected chi connectivity index (χ2v) is 4.99. The molecule has 1 atom stereocenters.